The second-order valence-electron chi connectivity index (χ2n) is 7.62. The van der Waals surface area contributed by atoms with Crippen LogP contribution in [-0.4, -0.2) is 65.6 Å². The van der Waals surface area contributed by atoms with Gasteiger partial charge in [-0.25, -0.2) is 0 Å². The van der Waals surface area contributed by atoms with Gasteiger partial charge in [-0.2, -0.15) is 0 Å². The number of likely N-dealkylation sites (N-methyl/N-ethyl adjacent to an activating group) is 1. The molecule has 4 rings (SSSR count). The van der Waals surface area contributed by atoms with Crippen molar-refractivity contribution in [2.24, 2.45) is 0 Å². The van der Waals surface area contributed by atoms with Gasteiger partial charge in [-0.15, -0.1) is 10.2 Å². The fraction of sp³-hybridized carbons (Fsp3) is 0.500. The van der Waals surface area contributed by atoms with Gasteiger partial charge in [-0.05, 0) is 56.6 Å². The van der Waals surface area contributed by atoms with Crippen LogP contribution in [-0.2, 0) is 4.74 Å². The Bertz CT molecular complexity index is 785. The van der Waals surface area contributed by atoms with E-state index in [9.17, 15) is 5.11 Å². The normalized spacial score (nSPS) is 23.7. The zero-order valence-corrected chi connectivity index (χ0v) is 15.7. The number of hydrogen-bond acceptors (Lipinski definition) is 6. The Morgan fingerprint density at radius 2 is 2.00 bits per heavy atom. The third kappa shape index (κ3) is 2.93. The topological polar surface area (TPSA) is 61.7 Å². The Labute approximate surface area is 154 Å². The van der Waals surface area contributed by atoms with E-state index < -0.39 is 0 Å². The number of nitrogens with zero attached hydrogens (tertiary/aromatic N) is 4. The third-order valence-electron chi connectivity index (χ3n) is 5.77. The van der Waals surface area contributed by atoms with Gasteiger partial charge in [0.25, 0.3) is 0 Å². The van der Waals surface area contributed by atoms with Gasteiger partial charge in [0.05, 0.1) is 24.4 Å². The first kappa shape index (κ1) is 17.2. The zero-order valence-electron chi connectivity index (χ0n) is 15.7. The number of rotatable bonds is 2. The fourth-order valence-electron chi connectivity index (χ4n) is 4.20. The molecule has 1 aromatic carbocycles. The number of anilines is 1. The summed E-state index contributed by atoms with van der Waals surface area (Å²) < 4.78 is 5.74. The van der Waals surface area contributed by atoms with Crippen molar-refractivity contribution in [1.29, 1.82) is 0 Å². The van der Waals surface area contributed by atoms with Crippen molar-refractivity contribution in [3.8, 4) is 17.0 Å². The second kappa shape index (κ2) is 6.52. The molecule has 1 spiro atoms. The molecule has 2 fully saturated rings. The third-order valence-corrected chi connectivity index (χ3v) is 5.77. The van der Waals surface area contributed by atoms with E-state index in [1.54, 1.807) is 6.07 Å². The van der Waals surface area contributed by atoms with Gasteiger partial charge in [0.2, 0.25) is 0 Å². The molecule has 0 radical (unpaired) electrons. The van der Waals surface area contributed by atoms with E-state index >= 15 is 0 Å². The average molecular weight is 354 g/mol. The molecule has 1 unspecified atom stereocenters. The van der Waals surface area contributed by atoms with Crippen molar-refractivity contribution in [2.45, 2.75) is 25.8 Å². The number of morpholine rings is 1. The molecule has 138 valence electrons. The summed E-state index contributed by atoms with van der Waals surface area (Å²) in [5, 5.41) is 19.2. The maximum absolute atomic E-state index is 10.3. The fourth-order valence-corrected chi connectivity index (χ4v) is 4.20. The molecule has 2 aromatic rings. The number of aryl methyl sites for hydroxylation is 2. The Morgan fingerprint density at radius 3 is 2.69 bits per heavy atom. The highest BCUT2D eigenvalue weighted by Gasteiger charge is 2.43. The standard InChI is InChI=1S/C20H26N4O2/c1-14-10-15(2)19(17(25)11-14)16-4-5-18(22-21-16)24-7-6-20(12-24)13-26-9-8-23(20)3/h4-5,10-11,25H,6-9,12-13H2,1-3H3. The predicted molar refractivity (Wildman–Crippen MR) is 102 cm³/mol. The number of hydrogen-bond donors (Lipinski definition) is 1. The summed E-state index contributed by atoms with van der Waals surface area (Å²) in [6.45, 7) is 8.39. The number of benzene rings is 1. The maximum Gasteiger partial charge on any atom is 0.151 e. The smallest absolute Gasteiger partial charge is 0.151 e. The average Bonchev–Trinajstić information content (AvgIpc) is 3.03. The van der Waals surface area contributed by atoms with Crippen molar-refractivity contribution < 1.29 is 9.84 Å². The molecule has 1 atom stereocenters. The molecule has 6 nitrogen and oxygen atoms in total. The highest BCUT2D eigenvalue weighted by molar-refractivity contribution is 5.71. The highest BCUT2D eigenvalue weighted by Crippen LogP contribution is 2.34. The minimum atomic E-state index is 0.0877. The zero-order chi connectivity index (χ0) is 18.3. The van der Waals surface area contributed by atoms with Crippen molar-refractivity contribution in [1.82, 2.24) is 15.1 Å². The van der Waals surface area contributed by atoms with Crippen LogP contribution in [0.25, 0.3) is 11.3 Å². The van der Waals surface area contributed by atoms with E-state index in [0.717, 1.165) is 61.8 Å². The molecule has 2 aliphatic rings. The van der Waals surface area contributed by atoms with Crippen molar-refractivity contribution in [2.75, 3.05) is 44.8 Å². The van der Waals surface area contributed by atoms with E-state index in [1.807, 2.05) is 32.0 Å². The lowest BCUT2D eigenvalue weighted by atomic mass is 9.96. The Hall–Kier alpha value is -2.18. The van der Waals surface area contributed by atoms with Crippen LogP contribution in [0.3, 0.4) is 0 Å². The quantitative estimate of drug-likeness (QED) is 0.893. The number of ether oxygens (including phenoxy) is 1. The van der Waals surface area contributed by atoms with Crippen LogP contribution in [0.4, 0.5) is 5.82 Å². The van der Waals surface area contributed by atoms with E-state index in [0.29, 0.717) is 5.69 Å². The van der Waals surface area contributed by atoms with Gasteiger partial charge >= 0.3 is 0 Å². The summed E-state index contributed by atoms with van der Waals surface area (Å²) >= 11 is 0. The van der Waals surface area contributed by atoms with Gasteiger partial charge in [-0.3, -0.25) is 4.90 Å². The molecule has 1 N–H and O–H groups in total. The lowest BCUT2D eigenvalue weighted by Crippen LogP contribution is -2.56. The summed E-state index contributed by atoms with van der Waals surface area (Å²) in [6.07, 6.45) is 1.07. The minimum Gasteiger partial charge on any atom is -0.507 e. The monoisotopic (exact) mass is 354 g/mol. The van der Waals surface area contributed by atoms with Crippen LogP contribution >= 0.6 is 0 Å². The second-order valence-corrected chi connectivity index (χ2v) is 7.62. The van der Waals surface area contributed by atoms with Crippen LogP contribution in [0.2, 0.25) is 0 Å². The molecule has 26 heavy (non-hydrogen) atoms. The minimum absolute atomic E-state index is 0.0877. The maximum atomic E-state index is 10.3. The van der Waals surface area contributed by atoms with E-state index in [2.05, 4.69) is 27.0 Å². The largest absolute Gasteiger partial charge is 0.507 e. The molecule has 3 heterocycles. The molecular formula is C20H26N4O2. The molecular weight excluding hydrogens is 328 g/mol. The summed E-state index contributed by atoms with van der Waals surface area (Å²) in [5.41, 5.74) is 3.59. The number of aromatic hydroxyl groups is 1. The van der Waals surface area contributed by atoms with E-state index in [1.165, 1.54) is 0 Å². The number of phenolic OH excluding ortho intramolecular Hbond substituents is 1. The SMILES string of the molecule is Cc1cc(C)c(-c2ccc(N3CCC4(COCCN4C)C3)nn2)c(O)c1. The van der Waals surface area contributed by atoms with Gasteiger partial charge < -0.3 is 14.7 Å². The predicted octanol–water partition coefficient (Wildman–Crippen LogP) is 2.38. The van der Waals surface area contributed by atoms with Gasteiger partial charge in [0.15, 0.2) is 5.82 Å². The molecule has 0 aliphatic carbocycles. The van der Waals surface area contributed by atoms with Gasteiger partial charge in [-0.1, -0.05) is 6.07 Å². The molecule has 6 heteroatoms. The first-order chi connectivity index (χ1) is 12.5. The van der Waals surface area contributed by atoms with Crippen molar-refractivity contribution in [3.63, 3.8) is 0 Å². The molecule has 0 amide bonds. The Balaban J connectivity index is 1.56. The van der Waals surface area contributed by atoms with Gasteiger partial charge in [0, 0.05) is 25.2 Å². The van der Waals surface area contributed by atoms with Crippen LogP contribution in [0.1, 0.15) is 17.5 Å². The molecule has 0 saturated carbocycles. The van der Waals surface area contributed by atoms with Crippen LogP contribution in [0.15, 0.2) is 24.3 Å². The molecule has 2 saturated heterocycles. The highest BCUT2D eigenvalue weighted by atomic mass is 16.5. The van der Waals surface area contributed by atoms with E-state index in [4.69, 9.17) is 4.74 Å². The summed E-state index contributed by atoms with van der Waals surface area (Å²) in [4.78, 5) is 4.70. The van der Waals surface area contributed by atoms with Crippen LogP contribution in [0.5, 0.6) is 5.75 Å². The molecule has 2 aliphatic heterocycles. The lowest BCUT2D eigenvalue weighted by Gasteiger charge is -2.42. The Morgan fingerprint density at radius 1 is 1.15 bits per heavy atom. The first-order valence-electron chi connectivity index (χ1n) is 9.17. The molecule has 1 aromatic heterocycles. The van der Waals surface area contributed by atoms with E-state index in [-0.39, 0.29) is 11.3 Å². The lowest BCUT2D eigenvalue weighted by molar-refractivity contribution is -0.0448. The summed E-state index contributed by atoms with van der Waals surface area (Å²) in [6, 6.07) is 7.77. The van der Waals surface area contributed by atoms with Crippen molar-refractivity contribution in [3.05, 3.63) is 35.4 Å². The van der Waals surface area contributed by atoms with Gasteiger partial charge in [0.1, 0.15) is 5.75 Å². The Kier molecular flexibility index (Phi) is 4.32. The number of phenols is 1. The van der Waals surface area contributed by atoms with Crippen LogP contribution in [0, 0.1) is 13.8 Å². The number of aromatic nitrogens is 2. The summed E-state index contributed by atoms with van der Waals surface area (Å²) in [7, 11) is 2.18. The first-order valence-corrected chi connectivity index (χ1v) is 9.17. The van der Waals surface area contributed by atoms with Crippen molar-refractivity contribution >= 4 is 5.82 Å². The summed E-state index contributed by atoms with van der Waals surface area (Å²) in [5.74, 6) is 1.14. The van der Waals surface area contributed by atoms with Crippen LogP contribution < -0.4 is 4.90 Å². The molecule has 0 bridgehead atoms.